The van der Waals surface area contributed by atoms with E-state index in [4.69, 9.17) is 4.74 Å². The van der Waals surface area contributed by atoms with Crippen molar-refractivity contribution in [1.82, 2.24) is 0 Å². The van der Waals surface area contributed by atoms with Crippen molar-refractivity contribution in [2.45, 2.75) is 26.4 Å². The number of hydrogen-bond donors (Lipinski definition) is 1. The maximum atomic E-state index is 13.2. The van der Waals surface area contributed by atoms with Gasteiger partial charge in [-0.1, -0.05) is 0 Å². The predicted octanol–water partition coefficient (Wildman–Crippen LogP) is 2.81. The second-order valence-corrected chi connectivity index (χ2v) is 5.09. The summed E-state index contributed by atoms with van der Waals surface area (Å²) in [5, 5.41) is 20.2. The van der Waals surface area contributed by atoms with Crippen LogP contribution in [0.3, 0.4) is 0 Å². The number of amides is 1. The van der Waals surface area contributed by atoms with Crippen molar-refractivity contribution in [2.24, 2.45) is 0 Å². The molecule has 0 aromatic heterocycles. The summed E-state index contributed by atoms with van der Waals surface area (Å²) in [5.41, 5.74) is -1.70. The number of nitro benzene ring substituents is 1. The molecule has 20 heavy (non-hydrogen) atoms. The highest BCUT2D eigenvalue weighted by atomic mass is 19.1. The molecule has 1 amide bonds. The fourth-order valence-corrected chi connectivity index (χ4v) is 1.38. The fourth-order valence-electron chi connectivity index (χ4n) is 1.38. The lowest BCUT2D eigenvalue weighted by Gasteiger charge is -2.24. The van der Waals surface area contributed by atoms with E-state index in [1.165, 1.54) is 7.05 Å². The normalized spacial score (nSPS) is 11.1. The lowest BCUT2D eigenvalue weighted by atomic mass is 10.2. The molecule has 110 valence electrons. The van der Waals surface area contributed by atoms with Gasteiger partial charge in [0.2, 0.25) is 0 Å². The molecule has 0 heterocycles. The van der Waals surface area contributed by atoms with Crippen LogP contribution in [0.15, 0.2) is 12.1 Å². The minimum atomic E-state index is -1.14. The Balaban J connectivity index is 3.21. The quantitative estimate of drug-likeness (QED) is 0.666. The second-order valence-electron chi connectivity index (χ2n) is 5.09. The average molecular weight is 286 g/mol. The third-order valence-electron chi connectivity index (χ3n) is 2.27. The number of nitro groups is 1. The lowest BCUT2D eigenvalue weighted by molar-refractivity contribution is -0.384. The molecule has 0 atom stereocenters. The van der Waals surface area contributed by atoms with Gasteiger partial charge in [0, 0.05) is 13.1 Å². The van der Waals surface area contributed by atoms with Crippen molar-refractivity contribution in [3.63, 3.8) is 0 Å². The molecule has 0 saturated carbocycles. The van der Waals surface area contributed by atoms with E-state index in [-0.39, 0.29) is 5.69 Å². The van der Waals surface area contributed by atoms with Crippen molar-refractivity contribution < 1.29 is 24.0 Å². The van der Waals surface area contributed by atoms with Gasteiger partial charge < -0.3 is 9.84 Å². The van der Waals surface area contributed by atoms with Crippen LogP contribution in [0, 0.1) is 15.9 Å². The molecule has 0 aliphatic heterocycles. The van der Waals surface area contributed by atoms with E-state index in [1.54, 1.807) is 20.8 Å². The van der Waals surface area contributed by atoms with E-state index >= 15 is 0 Å². The van der Waals surface area contributed by atoms with Crippen molar-refractivity contribution in [1.29, 1.82) is 0 Å². The first-order chi connectivity index (χ1) is 9.03. The van der Waals surface area contributed by atoms with Crippen LogP contribution in [0.5, 0.6) is 5.75 Å². The van der Waals surface area contributed by atoms with Gasteiger partial charge in [0.15, 0.2) is 11.6 Å². The molecule has 0 fully saturated rings. The van der Waals surface area contributed by atoms with Crippen molar-refractivity contribution in [2.75, 3.05) is 11.9 Å². The lowest BCUT2D eigenvalue weighted by Crippen LogP contribution is -2.34. The van der Waals surface area contributed by atoms with Gasteiger partial charge in [-0.25, -0.2) is 9.18 Å². The predicted molar refractivity (Wildman–Crippen MR) is 69.4 cm³/mol. The van der Waals surface area contributed by atoms with Gasteiger partial charge in [-0.15, -0.1) is 0 Å². The van der Waals surface area contributed by atoms with Crippen LogP contribution < -0.4 is 4.90 Å². The topological polar surface area (TPSA) is 92.9 Å². The maximum Gasteiger partial charge on any atom is 0.414 e. The maximum absolute atomic E-state index is 13.2. The van der Waals surface area contributed by atoms with Gasteiger partial charge in [-0.3, -0.25) is 15.0 Å². The Morgan fingerprint density at radius 1 is 1.45 bits per heavy atom. The molecule has 1 aromatic carbocycles. The number of carbonyl (C=O) groups excluding carboxylic acids is 1. The Morgan fingerprint density at radius 2 is 2.00 bits per heavy atom. The number of anilines is 1. The van der Waals surface area contributed by atoms with E-state index in [1.807, 2.05) is 0 Å². The van der Waals surface area contributed by atoms with Gasteiger partial charge in [0.1, 0.15) is 11.3 Å². The number of phenols is 1. The van der Waals surface area contributed by atoms with E-state index in [0.29, 0.717) is 6.07 Å². The number of phenolic OH excluding ortho intramolecular Hbond substituents is 1. The summed E-state index contributed by atoms with van der Waals surface area (Å²) >= 11 is 0. The summed E-state index contributed by atoms with van der Waals surface area (Å²) in [6.07, 6.45) is -0.855. The first-order valence-electron chi connectivity index (χ1n) is 5.66. The Kier molecular flexibility index (Phi) is 4.17. The molecule has 0 aliphatic carbocycles. The highest BCUT2D eigenvalue weighted by Crippen LogP contribution is 2.34. The van der Waals surface area contributed by atoms with Gasteiger partial charge in [0.05, 0.1) is 11.0 Å². The average Bonchev–Trinajstić information content (AvgIpc) is 2.28. The van der Waals surface area contributed by atoms with Gasteiger partial charge in [0.25, 0.3) is 5.69 Å². The highest BCUT2D eigenvalue weighted by molar-refractivity contribution is 5.90. The van der Waals surface area contributed by atoms with Crippen LogP contribution in [0.25, 0.3) is 0 Å². The standard InChI is InChI=1S/C12H15FN2O5/c1-12(2,3)20-11(17)14(4)8-6-10(16)7(13)5-9(8)15(18)19/h5-6,16H,1-4H3. The SMILES string of the molecule is CN(C(=O)OC(C)(C)C)c1cc(O)c(F)cc1[N+](=O)[O-]. The molecular weight excluding hydrogens is 271 g/mol. The summed E-state index contributed by atoms with van der Waals surface area (Å²) in [6.45, 7) is 4.90. The first-order valence-corrected chi connectivity index (χ1v) is 5.66. The minimum absolute atomic E-state index is 0.261. The molecule has 0 aliphatic rings. The summed E-state index contributed by atoms with van der Waals surface area (Å²) in [4.78, 5) is 22.7. The monoisotopic (exact) mass is 286 g/mol. The van der Waals surface area contributed by atoms with Crippen LogP contribution in [-0.4, -0.2) is 28.8 Å². The second kappa shape index (κ2) is 5.32. The fraction of sp³-hybridized carbons (Fsp3) is 0.417. The zero-order valence-electron chi connectivity index (χ0n) is 11.5. The molecule has 7 nitrogen and oxygen atoms in total. The molecule has 1 rings (SSSR count). The number of nitrogens with zero attached hydrogens (tertiary/aromatic N) is 2. The molecular formula is C12H15FN2O5. The van der Waals surface area contributed by atoms with Crippen LogP contribution in [-0.2, 0) is 4.74 Å². The number of hydrogen-bond acceptors (Lipinski definition) is 5. The molecule has 0 spiro atoms. The van der Waals surface area contributed by atoms with Crippen molar-refractivity contribution in [3.05, 3.63) is 28.1 Å². The van der Waals surface area contributed by atoms with E-state index < -0.39 is 33.9 Å². The number of aromatic hydroxyl groups is 1. The van der Waals surface area contributed by atoms with Crippen molar-refractivity contribution >= 4 is 17.5 Å². The Bertz CT molecular complexity index is 554. The summed E-state index contributed by atoms with van der Waals surface area (Å²) in [7, 11) is 1.23. The molecule has 0 bridgehead atoms. The Morgan fingerprint density at radius 3 is 2.45 bits per heavy atom. The molecule has 8 heteroatoms. The third kappa shape index (κ3) is 3.56. The Labute approximate surface area is 114 Å². The molecule has 0 saturated heterocycles. The van der Waals surface area contributed by atoms with Gasteiger partial charge in [-0.05, 0) is 20.8 Å². The Hall–Kier alpha value is -2.38. The zero-order valence-corrected chi connectivity index (χ0v) is 11.5. The number of rotatable bonds is 2. The molecule has 1 aromatic rings. The molecule has 1 N–H and O–H groups in total. The first kappa shape index (κ1) is 15.7. The van der Waals surface area contributed by atoms with E-state index in [2.05, 4.69) is 0 Å². The minimum Gasteiger partial charge on any atom is -0.505 e. The third-order valence-corrected chi connectivity index (χ3v) is 2.27. The highest BCUT2D eigenvalue weighted by Gasteiger charge is 2.27. The number of halogens is 1. The van der Waals surface area contributed by atoms with Gasteiger partial charge in [-0.2, -0.15) is 0 Å². The smallest absolute Gasteiger partial charge is 0.414 e. The van der Waals surface area contributed by atoms with E-state index in [0.717, 1.165) is 11.0 Å². The van der Waals surface area contributed by atoms with Crippen molar-refractivity contribution in [3.8, 4) is 5.75 Å². The van der Waals surface area contributed by atoms with Crippen LogP contribution in [0.2, 0.25) is 0 Å². The summed E-state index contributed by atoms with van der Waals surface area (Å²) in [5.74, 6) is -1.93. The van der Waals surface area contributed by atoms with Gasteiger partial charge >= 0.3 is 6.09 Å². The summed E-state index contributed by atoms with van der Waals surface area (Å²) < 4.78 is 18.2. The van der Waals surface area contributed by atoms with Crippen LogP contribution in [0.4, 0.5) is 20.6 Å². The van der Waals surface area contributed by atoms with Crippen LogP contribution in [0.1, 0.15) is 20.8 Å². The molecule has 0 radical (unpaired) electrons. The summed E-state index contributed by atoms with van der Waals surface area (Å²) in [6, 6.07) is 1.35. The number of ether oxygens (including phenoxy) is 1. The molecule has 0 unspecified atom stereocenters. The van der Waals surface area contributed by atoms with Crippen LogP contribution >= 0.6 is 0 Å². The number of carbonyl (C=O) groups is 1. The zero-order chi connectivity index (χ0) is 15.7. The van der Waals surface area contributed by atoms with E-state index in [9.17, 15) is 24.4 Å². The largest absolute Gasteiger partial charge is 0.505 e. The number of benzene rings is 1.